The Bertz CT molecular complexity index is 1260. The second-order valence-corrected chi connectivity index (χ2v) is 9.10. The zero-order valence-corrected chi connectivity index (χ0v) is 19.6. The molecule has 0 unspecified atom stereocenters. The van der Waals surface area contributed by atoms with Gasteiger partial charge in [-0.3, -0.25) is 19.8 Å². The highest BCUT2D eigenvalue weighted by Crippen LogP contribution is 2.25. The van der Waals surface area contributed by atoms with Crippen molar-refractivity contribution >= 4 is 28.8 Å². The molecule has 1 aromatic heterocycles. The summed E-state index contributed by atoms with van der Waals surface area (Å²) in [5, 5.41) is 22.0. The van der Waals surface area contributed by atoms with Gasteiger partial charge in [-0.2, -0.15) is 0 Å². The first-order valence-corrected chi connectivity index (χ1v) is 11.5. The van der Waals surface area contributed by atoms with Crippen molar-refractivity contribution in [1.29, 1.82) is 0 Å². The van der Waals surface area contributed by atoms with Crippen molar-refractivity contribution in [3.8, 4) is 0 Å². The lowest BCUT2D eigenvalue weighted by Crippen LogP contribution is -2.45. The first-order chi connectivity index (χ1) is 16.8. The number of carbonyl (C=O) groups is 3. The number of nitrogens with one attached hydrogen (secondary N) is 2. The van der Waals surface area contributed by atoms with Crippen LogP contribution in [0.2, 0.25) is 0 Å². The maximum atomic E-state index is 12.8. The van der Waals surface area contributed by atoms with Gasteiger partial charge in [0.15, 0.2) is 0 Å². The summed E-state index contributed by atoms with van der Waals surface area (Å²) in [6.07, 6.45) is -0.509. The molecule has 1 fully saturated rings. The van der Waals surface area contributed by atoms with Crippen LogP contribution in [-0.2, 0) is 11.2 Å². The Balaban J connectivity index is 1.50. The van der Waals surface area contributed by atoms with Gasteiger partial charge < -0.3 is 15.3 Å². The van der Waals surface area contributed by atoms with E-state index in [0.717, 1.165) is 32.6 Å². The maximum Gasteiger partial charge on any atom is 0.407 e. The SMILES string of the molecule is CC(C)c1cc(Cc2ccc(C(=O)N[C@@H]3CN(C(=O)O)C[C@@H]3C(=O)NO)cc2)c2ccccc2n1. The number of hydroxylamine groups is 1. The van der Waals surface area contributed by atoms with Crippen LogP contribution < -0.4 is 10.8 Å². The highest BCUT2D eigenvalue weighted by atomic mass is 16.5. The first kappa shape index (κ1) is 24.2. The van der Waals surface area contributed by atoms with E-state index < -0.39 is 29.9 Å². The molecule has 4 rings (SSSR count). The zero-order valence-electron chi connectivity index (χ0n) is 19.6. The molecule has 2 heterocycles. The van der Waals surface area contributed by atoms with Crippen molar-refractivity contribution in [2.45, 2.75) is 32.2 Å². The first-order valence-electron chi connectivity index (χ1n) is 11.5. The van der Waals surface area contributed by atoms with Crippen LogP contribution in [0.15, 0.2) is 54.6 Å². The topological polar surface area (TPSA) is 132 Å². The molecule has 0 spiro atoms. The average Bonchev–Trinajstić information content (AvgIpc) is 3.28. The summed E-state index contributed by atoms with van der Waals surface area (Å²) in [7, 11) is 0. The minimum Gasteiger partial charge on any atom is -0.465 e. The van der Waals surface area contributed by atoms with Gasteiger partial charge >= 0.3 is 6.09 Å². The van der Waals surface area contributed by atoms with Gasteiger partial charge in [0.05, 0.1) is 17.5 Å². The highest BCUT2D eigenvalue weighted by Gasteiger charge is 2.40. The fourth-order valence-corrected chi connectivity index (χ4v) is 4.41. The molecule has 9 heteroatoms. The molecule has 0 bridgehead atoms. The number of aromatic nitrogens is 1. The minimum atomic E-state index is -1.19. The van der Waals surface area contributed by atoms with Gasteiger partial charge in [-0.1, -0.05) is 44.2 Å². The summed E-state index contributed by atoms with van der Waals surface area (Å²) in [5.74, 6) is -1.73. The summed E-state index contributed by atoms with van der Waals surface area (Å²) in [6.45, 7) is 4.08. The number of pyridine rings is 1. The van der Waals surface area contributed by atoms with E-state index in [-0.39, 0.29) is 13.1 Å². The number of amides is 3. The highest BCUT2D eigenvalue weighted by molar-refractivity contribution is 5.95. The predicted octanol–water partition coefficient (Wildman–Crippen LogP) is 3.16. The largest absolute Gasteiger partial charge is 0.465 e. The number of para-hydroxylation sites is 1. The van der Waals surface area contributed by atoms with E-state index in [4.69, 9.17) is 10.2 Å². The van der Waals surface area contributed by atoms with E-state index in [9.17, 15) is 19.5 Å². The van der Waals surface area contributed by atoms with Gasteiger partial charge in [0, 0.05) is 29.7 Å². The van der Waals surface area contributed by atoms with Gasteiger partial charge in [-0.05, 0) is 47.7 Å². The van der Waals surface area contributed by atoms with Crippen LogP contribution in [0.4, 0.5) is 4.79 Å². The van der Waals surface area contributed by atoms with E-state index in [2.05, 4.69) is 31.3 Å². The standard InChI is InChI=1S/C26H28N4O5/c1-15(2)22-12-18(19-5-3-4-6-21(19)27-22)11-16-7-9-17(10-8-16)24(31)28-23-14-30(26(33)34)13-20(23)25(32)29-35/h3-10,12,15,20,23,35H,11,13-14H2,1-2H3,(H,28,31)(H,29,32)(H,33,34)/t20-,23+/m0/s1. The molecule has 35 heavy (non-hydrogen) atoms. The van der Waals surface area contributed by atoms with Crippen molar-refractivity contribution in [3.63, 3.8) is 0 Å². The molecule has 0 radical (unpaired) electrons. The fraction of sp³-hybridized carbons (Fsp3) is 0.308. The predicted molar refractivity (Wildman–Crippen MR) is 129 cm³/mol. The molecule has 1 saturated heterocycles. The molecule has 0 saturated carbocycles. The molecule has 3 amide bonds. The van der Waals surface area contributed by atoms with Crippen molar-refractivity contribution in [2.24, 2.45) is 5.92 Å². The zero-order chi connectivity index (χ0) is 25.1. The van der Waals surface area contributed by atoms with Crippen molar-refractivity contribution < 1.29 is 24.7 Å². The summed E-state index contributed by atoms with van der Waals surface area (Å²) < 4.78 is 0. The molecule has 2 aromatic carbocycles. The molecule has 1 aliphatic heterocycles. The quantitative estimate of drug-likeness (QED) is 0.319. The average molecular weight is 477 g/mol. The Labute approximate surface area is 202 Å². The second-order valence-electron chi connectivity index (χ2n) is 9.10. The lowest BCUT2D eigenvalue weighted by molar-refractivity contribution is -0.133. The third kappa shape index (κ3) is 5.25. The van der Waals surface area contributed by atoms with Crippen molar-refractivity contribution in [2.75, 3.05) is 13.1 Å². The number of rotatable bonds is 6. The van der Waals surface area contributed by atoms with E-state index >= 15 is 0 Å². The Morgan fingerprint density at radius 3 is 2.46 bits per heavy atom. The van der Waals surface area contributed by atoms with Gasteiger partial charge in [0.25, 0.3) is 5.91 Å². The van der Waals surface area contributed by atoms with Crippen LogP contribution in [0.5, 0.6) is 0 Å². The van der Waals surface area contributed by atoms with Crippen molar-refractivity contribution in [1.82, 2.24) is 20.7 Å². The van der Waals surface area contributed by atoms with Crippen LogP contribution >= 0.6 is 0 Å². The number of carboxylic acid groups (broad SMARTS) is 1. The second kappa shape index (κ2) is 10.1. The molecule has 2 atom stereocenters. The monoisotopic (exact) mass is 476 g/mol. The number of hydrogen-bond acceptors (Lipinski definition) is 5. The van der Waals surface area contributed by atoms with E-state index in [0.29, 0.717) is 17.9 Å². The smallest absolute Gasteiger partial charge is 0.407 e. The number of hydrogen-bond donors (Lipinski definition) is 4. The summed E-state index contributed by atoms with van der Waals surface area (Å²) in [5.41, 5.74) is 6.12. The molecule has 1 aliphatic rings. The van der Waals surface area contributed by atoms with Crippen LogP contribution in [0.1, 0.15) is 46.9 Å². The van der Waals surface area contributed by atoms with Gasteiger partial charge in [0.1, 0.15) is 0 Å². The molecular weight excluding hydrogens is 448 g/mol. The lowest BCUT2D eigenvalue weighted by atomic mass is 9.97. The van der Waals surface area contributed by atoms with E-state index in [1.54, 1.807) is 17.6 Å². The number of carbonyl (C=O) groups excluding carboxylic acids is 2. The van der Waals surface area contributed by atoms with Gasteiger partial charge in [-0.25, -0.2) is 10.3 Å². The fourth-order valence-electron chi connectivity index (χ4n) is 4.41. The molecule has 3 aromatic rings. The van der Waals surface area contributed by atoms with Crippen molar-refractivity contribution in [3.05, 3.63) is 77.0 Å². The number of fused-ring (bicyclic) bond motifs is 1. The Hall–Kier alpha value is -3.98. The molecule has 4 N–H and O–H groups in total. The van der Waals surface area contributed by atoms with Crippen LogP contribution in [0.25, 0.3) is 10.9 Å². The van der Waals surface area contributed by atoms with E-state index in [1.807, 2.05) is 30.3 Å². The molecular formula is C26H28N4O5. The minimum absolute atomic E-state index is 0.0372. The van der Waals surface area contributed by atoms with Crippen LogP contribution in [-0.4, -0.2) is 57.2 Å². The number of benzene rings is 2. The molecule has 182 valence electrons. The maximum absolute atomic E-state index is 12.8. The van der Waals surface area contributed by atoms with E-state index in [1.165, 1.54) is 0 Å². The van der Waals surface area contributed by atoms with Gasteiger partial charge in [0.2, 0.25) is 5.91 Å². The Kier molecular flexibility index (Phi) is 6.97. The third-order valence-electron chi connectivity index (χ3n) is 6.38. The summed E-state index contributed by atoms with van der Waals surface area (Å²) >= 11 is 0. The van der Waals surface area contributed by atoms with Crippen LogP contribution in [0, 0.1) is 5.92 Å². The summed E-state index contributed by atoms with van der Waals surface area (Å²) in [4.78, 5) is 41.9. The normalized spacial score (nSPS) is 17.5. The third-order valence-corrected chi connectivity index (χ3v) is 6.38. The Morgan fingerprint density at radius 2 is 1.80 bits per heavy atom. The number of likely N-dealkylation sites (tertiary alicyclic amines) is 1. The molecule has 0 aliphatic carbocycles. The molecule has 9 nitrogen and oxygen atoms in total. The Morgan fingerprint density at radius 1 is 1.09 bits per heavy atom. The van der Waals surface area contributed by atoms with Gasteiger partial charge in [-0.15, -0.1) is 0 Å². The van der Waals surface area contributed by atoms with Crippen LogP contribution in [0.3, 0.4) is 0 Å². The summed E-state index contributed by atoms with van der Waals surface area (Å²) in [6, 6.07) is 16.6. The lowest BCUT2D eigenvalue weighted by Gasteiger charge is -2.18. The number of nitrogens with zero attached hydrogens (tertiary/aromatic N) is 2.